The lowest BCUT2D eigenvalue weighted by molar-refractivity contribution is -0.156. The second kappa shape index (κ2) is 10.3. The van der Waals surface area contributed by atoms with Crippen molar-refractivity contribution in [3.05, 3.63) is 11.6 Å². The van der Waals surface area contributed by atoms with E-state index in [0.29, 0.717) is 10.8 Å². The van der Waals surface area contributed by atoms with Crippen LogP contribution in [0.1, 0.15) is 126 Å². The van der Waals surface area contributed by atoms with Gasteiger partial charge in [-0.2, -0.15) is 0 Å². The first-order valence-corrected chi connectivity index (χ1v) is 15.0. The van der Waals surface area contributed by atoms with Gasteiger partial charge in [-0.3, -0.25) is 4.79 Å². The highest BCUT2D eigenvalue weighted by Gasteiger charge is 2.59. The molecule has 4 rings (SSSR count). The summed E-state index contributed by atoms with van der Waals surface area (Å²) >= 11 is 0. The minimum absolute atomic E-state index is 0.0123. The van der Waals surface area contributed by atoms with E-state index < -0.39 is 0 Å². The van der Waals surface area contributed by atoms with Crippen molar-refractivity contribution in [3.63, 3.8) is 0 Å². The van der Waals surface area contributed by atoms with E-state index in [1.807, 2.05) is 6.92 Å². The Balaban J connectivity index is 1.43. The zero-order valence-corrected chi connectivity index (χ0v) is 23.5. The predicted molar refractivity (Wildman–Crippen MR) is 142 cm³/mol. The van der Waals surface area contributed by atoms with Crippen molar-refractivity contribution in [2.75, 3.05) is 0 Å². The van der Waals surface area contributed by atoms with Crippen molar-refractivity contribution in [3.8, 4) is 0 Å². The van der Waals surface area contributed by atoms with Gasteiger partial charge in [-0.15, -0.1) is 0 Å². The molecule has 4 aliphatic rings. The third kappa shape index (κ3) is 4.78. The minimum atomic E-state index is 0.0123. The topological polar surface area (TPSA) is 26.3 Å². The zero-order chi connectivity index (χ0) is 24.7. The lowest BCUT2D eigenvalue weighted by Crippen LogP contribution is -2.51. The number of hydrogen-bond acceptors (Lipinski definition) is 2. The second-order valence-corrected chi connectivity index (χ2v) is 13.9. The monoisotopic (exact) mass is 470 g/mol. The number of hydrogen-bond donors (Lipinski definition) is 0. The average molecular weight is 471 g/mol. The molecule has 1 unspecified atom stereocenters. The minimum Gasteiger partial charge on any atom is -0.462 e. The Bertz CT molecular complexity index is 752. The van der Waals surface area contributed by atoms with Gasteiger partial charge in [0.1, 0.15) is 6.10 Å². The molecule has 4 aliphatic carbocycles. The molecule has 3 saturated carbocycles. The van der Waals surface area contributed by atoms with E-state index in [-0.39, 0.29) is 18.0 Å². The average Bonchev–Trinajstić information content (AvgIpc) is 3.15. The Morgan fingerprint density at radius 1 is 1.03 bits per heavy atom. The van der Waals surface area contributed by atoms with Crippen LogP contribution in [0.15, 0.2) is 11.6 Å². The Labute approximate surface area is 211 Å². The van der Waals surface area contributed by atoms with E-state index in [1.54, 1.807) is 5.57 Å². The molecule has 0 aromatic heterocycles. The van der Waals surface area contributed by atoms with Crippen LogP contribution in [0.25, 0.3) is 0 Å². The molecule has 0 saturated heterocycles. The predicted octanol–water partition coefficient (Wildman–Crippen LogP) is 8.99. The van der Waals surface area contributed by atoms with E-state index in [1.165, 1.54) is 57.8 Å². The number of carbonyl (C=O) groups is 1. The second-order valence-electron chi connectivity index (χ2n) is 13.9. The summed E-state index contributed by atoms with van der Waals surface area (Å²) < 4.78 is 5.97. The quantitative estimate of drug-likeness (QED) is 0.261. The molecule has 0 bridgehead atoms. The maximum absolute atomic E-state index is 12.4. The van der Waals surface area contributed by atoms with Crippen molar-refractivity contribution < 1.29 is 9.53 Å². The van der Waals surface area contributed by atoms with Crippen LogP contribution in [0, 0.1) is 52.3 Å². The Morgan fingerprint density at radius 3 is 2.50 bits per heavy atom. The summed E-state index contributed by atoms with van der Waals surface area (Å²) in [7, 11) is 0. The lowest BCUT2D eigenvalue weighted by Gasteiger charge is -2.58. The highest BCUT2D eigenvalue weighted by Crippen LogP contribution is 2.67. The van der Waals surface area contributed by atoms with Gasteiger partial charge >= 0.3 is 5.97 Å². The van der Waals surface area contributed by atoms with Crippen LogP contribution in [0.4, 0.5) is 0 Å². The number of rotatable bonds is 8. The van der Waals surface area contributed by atoms with Crippen LogP contribution in [0.5, 0.6) is 0 Å². The molecule has 0 radical (unpaired) electrons. The Kier molecular flexibility index (Phi) is 7.96. The van der Waals surface area contributed by atoms with Crippen LogP contribution in [-0.2, 0) is 9.53 Å². The third-order valence-corrected chi connectivity index (χ3v) is 11.6. The van der Waals surface area contributed by atoms with Gasteiger partial charge in [0.05, 0.1) is 5.92 Å². The van der Waals surface area contributed by atoms with E-state index in [9.17, 15) is 4.79 Å². The first kappa shape index (κ1) is 26.3. The number of esters is 1. The van der Waals surface area contributed by atoms with Crippen molar-refractivity contribution in [2.24, 2.45) is 52.3 Å². The summed E-state index contributed by atoms with van der Waals surface area (Å²) in [5.41, 5.74) is 2.52. The molecule has 2 nitrogen and oxygen atoms in total. The summed E-state index contributed by atoms with van der Waals surface area (Å²) in [4.78, 5) is 12.4. The van der Waals surface area contributed by atoms with E-state index in [0.717, 1.165) is 54.8 Å². The van der Waals surface area contributed by atoms with E-state index in [2.05, 4.69) is 47.6 Å². The molecule has 3 fully saturated rings. The summed E-state index contributed by atoms with van der Waals surface area (Å²) in [5, 5.41) is 0. The van der Waals surface area contributed by atoms with Gasteiger partial charge in [-0.25, -0.2) is 0 Å². The number of fused-ring (bicyclic) bond motifs is 5. The van der Waals surface area contributed by atoms with Crippen molar-refractivity contribution in [1.82, 2.24) is 0 Å². The molecule has 9 atom stereocenters. The molecule has 2 heteroatoms. The van der Waals surface area contributed by atoms with E-state index >= 15 is 0 Å². The molecular formula is C32H54O2. The lowest BCUT2D eigenvalue weighted by atomic mass is 9.47. The molecular weight excluding hydrogens is 416 g/mol. The number of allylic oxidation sites excluding steroid dienone is 1. The first-order chi connectivity index (χ1) is 16.1. The fourth-order valence-corrected chi connectivity index (χ4v) is 9.20. The molecule has 0 spiro atoms. The van der Waals surface area contributed by atoms with Gasteiger partial charge in [0.2, 0.25) is 0 Å². The van der Waals surface area contributed by atoms with Crippen LogP contribution >= 0.6 is 0 Å². The molecule has 34 heavy (non-hydrogen) atoms. The van der Waals surface area contributed by atoms with Gasteiger partial charge in [0.25, 0.3) is 0 Å². The molecule has 0 aliphatic heterocycles. The van der Waals surface area contributed by atoms with Crippen LogP contribution in [-0.4, -0.2) is 12.1 Å². The highest BCUT2D eigenvalue weighted by atomic mass is 16.5. The van der Waals surface area contributed by atoms with Gasteiger partial charge < -0.3 is 4.74 Å². The molecule has 0 amide bonds. The molecule has 0 N–H and O–H groups in total. The van der Waals surface area contributed by atoms with Gasteiger partial charge in [-0.1, -0.05) is 79.4 Å². The highest BCUT2D eigenvalue weighted by molar-refractivity contribution is 5.72. The zero-order valence-electron chi connectivity index (χ0n) is 23.5. The summed E-state index contributed by atoms with van der Waals surface area (Å²) in [6.45, 7) is 16.7. The summed E-state index contributed by atoms with van der Waals surface area (Å²) in [6.07, 6.45) is 18.1. The normalized spacial score (nSPS) is 41.2. The van der Waals surface area contributed by atoms with Crippen molar-refractivity contribution >= 4 is 5.97 Å². The fourth-order valence-electron chi connectivity index (χ4n) is 9.20. The molecule has 194 valence electrons. The Morgan fingerprint density at radius 2 is 1.79 bits per heavy atom. The fraction of sp³-hybridized carbons (Fsp3) is 0.906. The summed E-state index contributed by atoms with van der Waals surface area (Å²) in [6, 6.07) is 0. The number of carbonyl (C=O) groups excluding carboxylic acids is 1. The largest absolute Gasteiger partial charge is 0.462 e. The van der Waals surface area contributed by atoms with Crippen LogP contribution < -0.4 is 0 Å². The molecule has 0 aromatic rings. The van der Waals surface area contributed by atoms with Crippen LogP contribution in [0.3, 0.4) is 0 Å². The molecule has 0 heterocycles. The summed E-state index contributed by atoms with van der Waals surface area (Å²) in [5.74, 6) is 5.32. The van der Waals surface area contributed by atoms with Crippen LogP contribution in [0.2, 0.25) is 0 Å². The van der Waals surface area contributed by atoms with Gasteiger partial charge in [-0.05, 0) is 97.7 Å². The first-order valence-electron chi connectivity index (χ1n) is 15.0. The Hall–Kier alpha value is -0.790. The number of ether oxygens (including phenoxy) is 1. The van der Waals surface area contributed by atoms with E-state index in [4.69, 9.17) is 4.74 Å². The van der Waals surface area contributed by atoms with Crippen molar-refractivity contribution in [1.29, 1.82) is 0 Å². The SMILES string of the molecule is CCC(C)C(=O)O[C@H]1CC[C@@]2(C)C(=CC[C@H]3[C@@H]4CC[C@H]([C@H](C)CCCC(C)C)[C@@]4(C)CC[C@@H]32)C1. The van der Waals surface area contributed by atoms with Gasteiger partial charge in [0, 0.05) is 6.42 Å². The third-order valence-electron chi connectivity index (χ3n) is 11.6. The maximum Gasteiger partial charge on any atom is 0.308 e. The van der Waals surface area contributed by atoms with Crippen molar-refractivity contribution in [2.45, 2.75) is 132 Å². The smallest absolute Gasteiger partial charge is 0.308 e. The maximum atomic E-state index is 12.4. The molecule has 0 aromatic carbocycles. The standard InChI is InChI=1S/C32H54O2/c1-8-22(4)30(33)34-25-16-18-31(6)24(20-25)12-13-26-28-15-14-27(23(5)11-9-10-21(2)3)32(28,7)19-17-29(26)31/h12,21-23,25-29H,8-11,13-20H2,1-7H3/t22?,23-,25+,26+,27-,28+,29+,31+,32-/m1/s1. The van der Waals surface area contributed by atoms with Gasteiger partial charge in [0.15, 0.2) is 0 Å².